The van der Waals surface area contributed by atoms with Crippen molar-refractivity contribution in [3.63, 3.8) is 0 Å². The van der Waals surface area contributed by atoms with Gasteiger partial charge in [0.25, 0.3) is 0 Å². The molecule has 2 aromatic rings. The van der Waals surface area contributed by atoms with Crippen LogP contribution in [0.3, 0.4) is 0 Å². The van der Waals surface area contributed by atoms with Crippen molar-refractivity contribution in [2.75, 3.05) is 25.7 Å². The zero-order valence-electron chi connectivity index (χ0n) is 16.1. The minimum atomic E-state index is -0.194. The molecule has 146 valence electrons. The van der Waals surface area contributed by atoms with Crippen molar-refractivity contribution < 1.29 is 19.1 Å². The molecule has 0 spiro atoms. The third kappa shape index (κ3) is 4.91. The quantitative estimate of drug-likeness (QED) is 0.750. The zero-order valence-corrected chi connectivity index (χ0v) is 16.1. The van der Waals surface area contributed by atoms with Crippen LogP contribution in [0.15, 0.2) is 48.5 Å². The summed E-state index contributed by atoms with van der Waals surface area (Å²) in [6, 6.07) is 13.1. The second kappa shape index (κ2) is 9.08. The third-order valence-corrected chi connectivity index (χ3v) is 4.59. The summed E-state index contributed by atoms with van der Waals surface area (Å²) in [7, 11) is 3.17. The number of nitrogens with zero attached hydrogens (tertiary/aromatic N) is 1. The summed E-state index contributed by atoms with van der Waals surface area (Å²) < 4.78 is 10.4. The van der Waals surface area contributed by atoms with Crippen LogP contribution >= 0.6 is 0 Å². The van der Waals surface area contributed by atoms with Gasteiger partial charge in [-0.3, -0.25) is 9.59 Å². The van der Waals surface area contributed by atoms with Gasteiger partial charge < -0.3 is 19.7 Å². The van der Waals surface area contributed by atoms with E-state index in [0.717, 1.165) is 29.8 Å². The molecule has 1 aliphatic rings. The molecule has 3 rings (SSSR count). The summed E-state index contributed by atoms with van der Waals surface area (Å²) in [6.07, 6.45) is 4.71. The normalized spacial score (nSPS) is 13.8. The monoisotopic (exact) mass is 380 g/mol. The predicted molar refractivity (Wildman–Crippen MR) is 108 cm³/mol. The smallest absolute Gasteiger partial charge is 0.244 e. The number of benzene rings is 2. The molecule has 1 saturated heterocycles. The van der Waals surface area contributed by atoms with Gasteiger partial charge in [-0.25, -0.2) is 0 Å². The van der Waals surface area contributed by atoms with Gasteiger partial charge in [-0.2, -0.15) is 0 Å². The van der Waals surface area contributed by atoms with Crippen LogP contribution in [0.2, 0.25) is 0 Å². The molecule has 2 amide bonds. The standard InChI is InChI=1S/C22H24N2O4/c1-27-19-12-17(13-20(14-19)28-2)7-10-21(25)23-15-16-5-8-18(9-6-16)24-11-3-4-22(24)26/h5-10,12-14H,3-4,11,15H2,1-2H3,(H,23,25)/b10-7+. The molecule has 1 fully saturated rings. The molecule has 0 aromatic heterocycles. The number of rotatable bonds is 7. The van der Waals surface area contributed by atoms with Crippen LogP contribution < -0.4 is 19.7 Å². The number of hydrogen-bond donors (Lipinski definition) is 1. The number of carbonyl (C=O) groups is 2. The Labute approximate surface area is 164 Å². The summed E-state index contributed by atoms with van der Waals surface area (Å²) >= 11 is 0. The summed E-state index contributed by atoms with van der Waals surface area (Å²) in [6.45, 7) is 1.19. The van der Waals surface area contributed by atoms with Crippen LogP contribution in [0.1, 0.15) is 24.0 Å². The molecule has 1 N–H and O–H groups in total. The highest BCUT2D eigenvalue weighted by Gasteiger charge is 2.21. The van der Waals surface area contributed by atoms with Gasteiger partial charge in [0.15, 0.2) is 0 Å². The molecule has 0 bridgehead atoms. The van der Waals surface area contributed by atoms with Crippen LogP contribution in [-0.2, 0) is 16.1 Å². The minimum Gasteiger partial charge on any atom is -0.497 e. The lowest BCUT2D eigenvalue weighted by Crippen LogP contribution is -2.23. The summed E-state index contributed by atoms with van der Waals surface area (Å²) in [5, 5.41) is 2.86. The fraction of sp³-hybridized carbons (Fsp3) is 0.273. The highest BCUT2D eigenvalue weighted by molar-refractivity contribution is 5.95. The lowest BCUT2D eigenvalue weighted by molar-refractivity contribution is -0.117. The van der Waals surface area contributed by atoms with Gasteiger partial charge in [-0.05, 0) is 47.9 Å². The maximum atomic E-state index is 12.1. The molecular weight excluding hydrogens is 356 g/mol. The second-order valence-corrected chi connectivity index (χ2v) is 6.51. The third-order valence-electron chi connectivity index (χ3n) is 4.59. The molecule has 0 atom stereocenters. The average Bonchev–Trinajstić information content (AvgIpc) is 3.16. The number of anilines is 1. The van der Waals surface area contributed by atoms with Crippen molar-refractivity contribution in [3.05, 3.63) is 59.7 Å². The fourth-order valence-electron chi connectivity index (χ4n) is 3.06. The maximum absolute atomic E-state index is 12.1. The molecule has 0 unspecified atom stereocenters. The number of carbonyl (C=O) groups excluding carboxylic acids is 2. The molecule has 1 heterocycles. The van der Waals surface area contributed by atoms with Gasteiger partial charge in [0.1, 0.15) is 11.5 Å². The Morgan fingerprint density at radius 1 is 1.11 bits per heavy atom. The van der Waals surface area contributed by atoms with E-state index in [2.05, 4.69) is 5.32 Å². The Morgan fingerprint density at radius 3 is 2.36 bits per heavy atom. The van der Waals surface area contributed by atoms with Gasteiger partial charge in [0.05, 0.1) is 14.2 Å². The topological polar surface area (TPSA) is 67.9 Å². The highest BCUT2D eigenvalue weighted by atomic mass is 16.5. The fourth-order valence-corrected chi connectivity index (χ4v) is 3.06. The summed E-state index contributed by atoms with van der Waals surface area (Å²) in [5.74, 6) is 1.30. The number of amides is 2. The van der Waals surface area contributed by atoms with Crippen LogP contribution in [0, 0.1) is 0 Å². The van der Waals surface area contributed by atoms with E-state index in [1.807, 2.05) is 36.4 Å². The lowest BCUT2D eigenvalue weighted by atomic mass is 10.1. The Kier molecular flexibility index (Phi) is 6.32. The van der Waals surface area contributed by atoms with Crippen molar-refractivity contribution in [3.8, 4) is 11.5 Å². The van der Waals surface area contributed by atoms with Crippen molar-refractivity contribution in [2.45, 2.75) is 19.4 Å². The molecule has 0 aliphatic carbocycles. The summed E-state index contributed by atoms with van der Waals surface area (Å²) in [4.78, 5) is 25.7. The van der Waals surface area contributed by atoms with E-state index in [9.17, 15) is 9.59 Å². The second-order valence-electron chi connectivity index (χ2n) is 6.51. The Hall–Kier alpha value is -3.28. The molecule has 0 radical (unpaired) electrons. The highest BCUT2D eigenvalue weighted by Crippen LogP contribution is 2.23. The minimum absolute atomic E-state index is 0.167. The largest absolute Gasteiger partial charge is 0.497 e. The number of methoxy groups -OCH3 is 2. The van der Waals surface area contributed by atoms with E-state index in [1.165, 1.54) is 6.08 Å². The van der Waals surface area contributed by atoms with Crippen molar-refractivity contribution in [2.24, 2.45) is 0 Å². The van der Waals surface area contributed by atoms with Crippen molar-refractivity contribution in [1.29, 1.82) is 0 Å². The van der Waals surface area contributed by atoms with Gasteiger partial charge >= 0.3 is 0 Å². The van der Waals surface area contributed by atoms with Crippen molar-refractivity contribution in [1.82, 2.24) is 5.32 Å². The predicted octanol–water partition coefficient (Wildman–Crippen LogP) is 3.16. The SMILES string of the molecule is COc1cc(/C=C/C(=O)NCc2ccc(N3CCCC3=O)cc2)cc(OC)c1. The van der Waals surface area contributed by atoms with E-state index in [1.54, 1.807) is 31.3 Å². The van der Waals surface area contributed by atoms with E-state index in [4.69, 9.17) is 9.47 Å². The number of nitrogens with one attached hydrogen (secondary N) is 1. The van der Waals surface area contributed by atoms with Crippen molar-refractivity contribution >= 4 is 23.6 Å². The van der Waals surface area contributed by atoms with Crippen LogP contribution in [0.25, 0.3) is 6.08 Å². The summed E-state index contributed by atoms with van der Waals surface area (Å²) in [5.41, 5.74) is 2.69. The first-order chi connectivity index (χ1) is 13.6. The first kappa shape index (κ1) is 19.5. The van der Waals surface area contributed by atoms with Crippen LogP contribution in [0.5, 0.6) is 11.5 Å². The lowest BCUT2D eigenvalue weighted by Gasteiger charge is -2.15. The van der Waals surface area contributed by atoms with E-state index in [-0.39, 0.29) is 11.8 Å². The zero-order chi connectivity index (χ0) is 19.9. The van der Waals surface area contributed by atoms with E-state index < -0.39 is 0 Å². The first-order valence-corrected chi connectivity index (χ1v) is 9.17. The Morgan fingerprint density at radius 2 is 1.79 bits per heavy atom. The van der Waals surface area contributed by atoms with Gasteiger partial charge in [-0.1, -0.05) is 12.1 Å². The maximum Gasteiger partial charge on any atom is 0.244 e. The molecule has 6 heteroatoms. The van der Waals surface area contributed by atoms with E-state index in [0.29, 0.717) is 24.5 Å². The van der Waals surface area contributed by atoms with Crippen LogP contribution in [-0.4, -0.2) is 32.6 Å². The first-order valence-electron chi connectivity index (χ1n) is 9.17. The molecule has 1 aliphatic heterocycles. The van der Waals surface area contributed by atoms with Gasteiger partial charge in [-0.15, -0.1) is 0 Å². The molecular formula is C22H24N2O4. The molecule has 28 heavy (non-hydrogen) atoms. The Bertz CT molecular complexity index is 852. The number of ether oxygens (including phenoxy) is 2. The number of hydrogen-bond acceptors (Lipinski definition) is 4. The van der Waals surface area contributed by atoms with Gasteiger partial charge in [0.2, 0.25) is 11.8 Å². The van der Waals surface area contributed by atoms with Crippen LogP contribution in [0.4, 0.5) is 5.69 Å². The molecule has 0 saturated carbocycles. The molecule has 2 aromatic carbocycles. The Balaban J connectivity index is 1.55. The molecule has 6 nitrogen and oxygen atoms in total. The van der Waals surface area contributed by atoms with Gasteiger partial charge in [0, 0.05) is 37.3 Å². The average molecular weight is 380 g/mol. The van der Waals surface area contributed by atoms with E-state index >= 15 is 0 Å².